The first-order valence-electron chi connectivity index (χ1n) is 15.0. The number of nitrogens with zero attached hydrogens (tertiary/aromatic N) is 4. The molecule has 4 rings (SSSR count). The fourth-order valence-electron chi connectivity index (χ4n) is 5.76. The minimum Gasteiger partial charge on any atom is -0.496 e. The molecule has 2 aromatic rings. The largest absolute Gasteiger partial charge is 0.496 e. The summed E-state index contributed by atoms with van der Waals surface area (Å²) in [5.74, 6) is -1.17. The van der Waals surface area contributed by atoms with E-state index < -0.39 is 51.9 Å². The highest BCUT2D eigenvalue weighted by Crippen LogP contribution is 2.32. The van der Waals surface area contributed by atoms with E-state index in [0.29, 0.717) is 29.0 Å². The number of aliphatic hydroxyl groups is 3. The fourth-order valence-corrected chi connectivity index (χ4v) is 5.76. The van der Waals surface area contributed by atoms with Crippen LogP contribution in [-0.4, -0.2) is 118 Å². The van der Waals surface area contributed by atoms with Crippen molar-refractivity contribution < 1.29 is 53.8 Å². The van der Waals surface area contributed by atoms with Crippen molar-refractivity contribution in [3.8, 4) is 11.5 Å². The standard InChI is InChI=1S/C16H20N2O7.C15H20N2O6/c1-9-6-12(18(22)23)11(8-14(9)24-2)15(20)17-5-4-10(19)7-13(17)16(21)25-3;1-9-5-13(17(21)22)12(7-14(9)23-2)15(20)16-4-3-11(19)6-10(16)8-18/h6,8,10,13,19H,4-5,7H2,1-3H3;5,7,10-11,18-19H,3-4,6,8H2,1-2H3/t10-,13+;10-,11+/m10/s1. The van der Waals surface area contributed by atoms with Crippen molar-refractivity contribution in [2.24, 2.45) is 0 Å². The summed E-state index contributed by atoms with van der Waals surface area (Å²) in [7, 11) is 4.01. The molecule has 3 N–H and O–H groups in total. The molecule has 0 bridgehead atoms. The summed E-state index contributed by atoms with van der Waals surface area (Å²) in [6, 6.07) is 3.67. The molecule has 0 aromatic heterocycles. The Labute approximate surface area is 275 Å². The molecule has 2 amide bonds. The van der Waals surface area contributed by atoms with Crippen LogP contribution in [0.4, 0.5) is 11.4 Å². The number of hydrogen-bond acceptors (Lipinski definition) is 13. The zero-order valence-corrected chi connectivity index (χ0v) is 27.3. The lowest BCUT2D eigenvalue weighted by Gasteiger charge is -2.36. The van der Waals surface area contributed by atoms with Gasteiger partial charge in [0.15, 0.2) is 0 Å². The quantitative estimate of drug-likeness (QED) is 0.206. The van der Waals surface area contributed by atoms with E-state index in [1.807, 2.05) is 0 Å². The Morgan fingerprint density at radius 3 is 1.65 bits per heavy atom. The molecule has 0 aliphatic carbocycles. The number of likely N-dealkylation sites (tertiary alicyclic amines) is 2. The topological polar surface area (TPSA) is 232 Å². The number of carbonyl (C=O) groups is 3. The summed E-state index contributed by atoms with van der Waals surface area (Å²) in [6.45, 7) is 3.31. The highest BCUT2D eigenvalue weighted by molar-refractivity contribution is 6.01. The predicted octanol–water partition coefficient (Wildman–Crippen LogP) is 1.92. The summed E-state index contributed by atoms with van der Waals surface area (Å²) >= 11 is 0. The number of aryl methyl sites for hydroxylation is 2. The smallest absolute Gasteiger partial charge is 0.328 e. The lowest BCUT2D eigenvalue weighted by Crippen LogP contribution is -2.51. The average Bonchev–Trinajstić information content (AvgIpc) is 3.07. The maximum atomic E-state index is 12.9. The van der Waals surface area contributed by atoms with E-state index in [1.54, 1.807) is 13.8 Å². The SMILES string of the molecule is COC(=O)[C@@H]1C[C@H](O)CCN1C(=O)c1cc(OC)c(C)cc1[N+](=O)[O-].COc1cc(C(=O)N2CC[C@@H](O)C[C@H]2CO)c([N+](=O)[O-])cc1C. The Morgan fingerprint density at radius 1 is 0.792 bits per heavy atom. The molecule has 2 heterocycles. The van der Waals surface area contributed by atoms with E-state index in [9.17, 15) is 49.9 Å². The van der Waals surface area contributed by atoms with Crippen LogP contribution in [0.3, 0.4) is 0 Å². The number of esters is 1. The van der Waals surface area contributed by atoms with Crippen LogP contribution in [0.15, 0.2) is 24.3 Å². The molecule has 48 heavy (non-hydrogen) atoms. The van der Waals surface area contributed by atoms with E-state index in [-0.39, 0.29) is 61.5 Å². The number of nitro groups is 2. The predicted molar refractivity (Wildman–Crippen MR) is 168 cm³/mol. The van der Waals surface area contributed by atoms with Gasteiger partial charge in [-0.05, 0) is 44.2 Å². The van der Waals surface area contributed by atoms with Crippen LogP contribution in [0.5, 0.6) is 11.5 Å². The molecular weight excluding hydrogens is 636 g/mol. The number of methoxy groups -OCH3 is 3. The van der Waals surface area contributed by atoms with Gasteiger partial charge in [0.05, 0.1) is 56.0 Å². The Balaban J connectivity index is 0.000000261. The van der Waals surface area contributed by atoms with Crippen molar-refractivity contribution in [2.45, 2.75) is 63.8 Å². The number of piperidine rings is 2. The molecule has 2 aliphatic heterocycles. The first-order valence-corrected chi connectivity index (χ1v) is 15.0. The van der Waals surface area contributed by atoms with Gasteiger partial charge in [0.2, 0.25) is 0 Å². The summed E-state index contributed by atoms with van der Waals surface area (Å²) in [5, 5.41) is 51.5. The van der Waals surface area contributed by atoms with E-state index in [1.165, 1.54) is 55.4 Å². The van der Waals surface area contributed by atoms with Crippen LogP contribution in [0.25, 0.3) is 0 Å². The number of ether oxygens (including phenoxy) is 3. The Morgan fingerprint density at radius 2 is 1.23 bits per heavy atom. The van der Waals surface area contributed by atoms with Gasteiger partial charge in [0, 0.05) is 43.8 Å². The second-order valence-electron chi connectivity index (χ2n) is 11.4. The number of carbonyl (C=O) groups excluding carboxylic acids is 3. The highest BCUT2D eigenvalue weighted by atomic mass is 16.6. The van der Waals surface area contributed by atoms with Crippen molar-refractivity contribution in [2.75, 3.05) is 41.0 Å². The van der Waals surface area contributed by atoms with E-state index >= 15 is 0 Å². The molecule has 4 atom stereocenters. The minimum atomic E-state index is -0.992. The van der Waals surface area contributed by atoms with Gasteiger partial charge in [-0.25, -0.2) is 4.79 Å². The van der Waals surface area contributed by atoms with Crippen molar-refractivity contribution in [1.29, 1.82) is 0 Å². The summed E-state index contributed by atoms with van der Waals surface area (Å²) in [6.07, 6.45) is -0.405. The van der Waals surface area contributed by atoms with Gasteiger partial charge in [-0.2, -0.15) is 0 Å². The fraction of sp³-hybridized carbons (Fsp3) is 0.516. The molecule has 17 nitrogen and oxygen atoms in total. The van der Waals surface area contributed by atoms with Crippen molar-refractivity contribution in [3.63, 3.8) is 0 Å². The van der Waals surface area contributed by atoms with Crippen LogP contribution in [0.1, 0.15) is 57.5 Å². The Bertz CT molecular complexity index is 1550. The molecule has 262 valence electrons. The van der Waals surface area contributed by atoms with Crippen LogP contribution in [0, 0.1) is 34.1 Å². The third-order valence-corrected chi connectivity index (χ3v) is 8.35. The third-order valence-electron chi connectivity index (χ3n) is 8.35. The molecule has 0 saturated carbocycles. The average molecular weight is 677 g/mol. The van der Waals surface area contributed by atoms with Gasteiger partial charge in [0.1, 0.15) is 28.7 Å². The van der Waals surface area contributed by atoms with Crippen molar-refractivity contribution in [3.05, 3.63) is 66.7 Å². The minimum absolute atomic E-state index is 0.0230. The van der Waals surface area contributed by atoms with Gasteiger partial charge >= 0.3 is 5.97 Å². The Hall–Kier alpha value is -4.87. The van der Waals surface area contributed by atoms with Gasteiger partial charge in [-0.3, -0.25) is 29.8 Å². The van der Waals surface area contributed by atoms with Crippen molar-refractivity contribution in [1.82, 2.24) is 9.80 Å². The van der Waals surface area contributed by atoms with Crippen LogP contribution >= 0.6 is 0 Å². The summed E-state index contributed by atoms with van der Waals surface area (Å²) < 4.78 is 15.0. The third kappa shape index (κ3) is 8.34. The molecule has 0 radical (unpaired) electrons. The lowest BCUT2D eigenvalue weighted by atomic mass is 9.97. The number of aliphatic hydroxyl groups excluding tert-OH is 3. The highest BCUT2D eigenvalue weighted by Gasteiger charge is 2.39. The zero-order chi connectivity index (χ0) is 35.9. The maximum absolute atomic E-state index is 12.9. The number of hydrogen-bond donors (Lipinski definition) is 3. The molecule has 2 saturated heterocycles. The molecule has 2 aliphatic rings. The maximum Gasteiger partial charge on any atom is 0.328 e. The van der Waals surface area contributed by atoms with E-state index in [2.05, 4.69) is 0 Å². The lowest BCUT2D eigenvalue weighted by molar-refractivity contribution is -0.385. The van der Waals surface area contributed by atoms with Crippen molar-refractivity contribution >= 4 is 29.2 Å². The number of nitro benzene ring substituents is 2. The molecule has 2 aromatic carbocycles. The Kier molecular flexibility index (Phi) is 12.8. The molecule has 0 unspecified atom stereocenters. The van der Waals surface area contributed by atoms with Gasteiger partial charge in [-0.1, -0.05) is 0 Å². The monoisotopic (exact) mass is 676 g/mol. The van der Waals surface area contributed by atoms with Gasteiger partial charge < -0.3 is 39.3 Å². The second-order valence-corrected chi connectivity index (χ2v) is 11.4. The summed E-state index contributed by atoms with van der Waals surface area (Å²) in [5.41, 5.74) is 0.173. The van der Waals surface area contributed by atoms with Crippen LogP contribution < -0.4 is 9.47 Å². The first-order chi connectivity index (χ1) is 22.7. The van der Waals surface area contributed by atoms with Gasteiger partial charge in [-0.15, -0.1) is 0 Å². The number of benzene rings is 2. The second kappa shape index (κ2) is 16.3. The first kappa shape index (κ1) is 37.6. The van der Waals surface area contributed by atoms with Crippen LogP contribution in [0.2, 0.25) is 0 Å². The molecule has 2 fully saturated rings. The van der Waals surface area contributed by atoms with E-state index in [0.717, 1.165) is 0 Å². The summed E-state index contributed by atoms with van der Waals surface area (Å²) in [4.78, 5) is 61.6. The normalized spacial score (nSPS) is 20.6. The number of amides is 2. The molecular formula is C31H40N4O13. The van der Waals surface area contributed by atoms with Gasteiger partial charge in [0.25, 0.3) is 23.2 Å². The molecule has 0 spiro atoms. The van der Waals surface area contributed by atoms with Crippen LogP contribution in [-0.2, 0) is 9.53 Å². The number of rotatable bonds is 8. The zero-order valence-electron chi connectivity index (χ0n) is 27.3. The van der Waals surface area contributed by atoms with E-state index in [4.69, 9.17) is 14.2 Å². The molecule has 17 heteroatoms.